The van der Waals surface area contributed by atoms with Crippen LogP contribution < -0.4 is 10.6 Å². The molecule has 3 rings (SSSR count). The van der Waals surface area contributed by atoms with Crippen molar-refractivity contribution < 1.29 is 0 Å². The zero-order valence-electron chi connectivity index (χ0n) is 12.5. The number of likely N-dealkylation sites (tertiary alicyclic amines) is 1. The van der Waals surface area contributed by atoms with Gasteiger partial charge in [-0.1, -0.05) is 0 Å². The lowest BCUT2D eigenvalue weighted by atomic mass is 10.1. The second kappa shape index (κ2) is 5.95. The third-order valence-electron chi connectivity index (χ3n) is 4.11. The maximum Gasteiger partial charge on any atom is 0.136 e. The molecule has 0 spiro atoms. The van der Waals surface area contributed by atoms with Gasteiger partial charge < -0.3 is 15.5 Å². The lowest BCUT2D eigenvalue weighted by Crippen LogP contribution is -2.36. The molecule has 0 bridgehead atoms. The molecular formula is C15H25N5. The molecular weight excluding hydrogens is 250 g/mol. The van der Waals surface area contributed by atoms with Crippen LogP contribution in [-0.4, -0.2) is 47.6 Å². The van der Waals surface area contributed by atoms with Crippen molar-refractivity contribution in [3.8, 4) is 0 Å². The number of anilines is 2. The van der Waals surface area contributed by atoms with Crippen molar-refractivity contribution in [2.45, 2.75) is 44.6 Å². The lowest BCUT2D eigenvalue weighted by Gasteiger charge is -2.29. The molecule has 5 heteroatoms. The molecule has 5 nitrogen and oxygen atoms in total. The van der Waals surface area contributed by atoms with Gasteiger partial charge in [0.2, 0.25) is 0 Å². The Bertz CT molecular complexity index is 450. The predicted octanol–water partition coefficient (Wildman–Crippen LogP) is 2.29. The van der Waals surface area contributed by atoms with Gasteiger partial charge in [0.25, 0.3) is 0 Å². The molecule has 2 fully saturated rings. The summed E-state index contributed by atoms with van der Waals surface area (Å²) in [4.78, 5) is 11.7. The summed E-state index contributed by atoms with van der Waals surface area (Å²) >= 11 is 0. The van der Waals surface area contributed by atoms with Crippen LogP contribution in [0.15, 0.2) is 6.07 Å². The minimum Gasteiger partial charge on any atom is -0.370 e. The number of nitrogens with zero attached hydrogens (tertiary/aromatic N) is 3. The molecule has 110 valence electrons. The summed E-state index contributed by atoms with van der Waals surface area (Å²) < 4.78 is 0. The maximum absolute atomic E-state index is 4.71. The highest BCUT2D eigenvalue weighted by Crippen LogP contribution is 2.38. The first-order chi connectivity index (χ1) is 9.74. The van der Waals surface area contributed by atoms with Gasteiger partial charge >= 0.3 is 0 Å². The second-order valence-electron chi connectivity index (χ2n) is 6.02. The van der Waals surface area contributed by atoms with Crippen molar-refractivity contribution in [3.63, 3.8) is 0 Å². The van der Waals surface area contributed by atoms with Crippen molar-refractivity contribution >= 4 is 11.6 Å². The fourth-order valence-electron chi connectivity index (χ4n) is 2.70. The van der Waals surface area contributed by atoms with E-state index >= 15 is 0 Å². The first kappa shape index (κ1) is 13.6. The normalized spacial score (nSPS) is 20.9. The van der Waals surface area contributed by atoms with E-state index in [0.717, 1.165) is 37.1 Å². The molecule has 2 aliphatic rings. The van der Waals surface area contributed by atoms with Crippen LogP contribution in [0.3, 0.4) is 0 Å². The fourth-order valence-corrected chi connectivity index (χ4v) is 2.70. The summed E-state index contributed by atoms with van der Waals surface area (Å²) in [6.45, 7) is 5.33. The molecule has 1 saturated carbocycles. The van der Waals surface area contributed by atoms with Crippen LogP contribution in [0, 0.1) is 0 Å². The molecule has 0 radical (unpaired) electrons. The Morgan fingerprint density at radius 3 is 2.50 bits per heavy atom. The van der Waals surface area contributed by atoms with Crippen LogP contribution in [-0.2, 0) is 0 Å². The number of aromatic nitrogens is 2. The largest absolute Gasteiger partial charge is 0.370 e. The van der Waals surface area contributed by atoms with Gasteiger partial charge in [0.05, 0.1) is 0 Å². The summed E-state index contributed by atoms with van der Waals surface area (Å²) in [6.07, 6.45) is 4.86. The van der Waals surface area contributed by atoms with E-state index in [1.54, 1.807) is 0 Å². The lowest BCUT2D eigenvalue weighted by molar-refractivity contribution is 0.263. The van der Waals surface area contributed by atoms with Crippen LogP contribution in [0.25, 0.3) is 0 Å². The minimum absolute atomic E-state index is 0.544. The first-order valence-electron chi connectivity index (χ1n) is 7.82. The second-order valence-corrected chi connectivity index (χ2v) is 6.02. The van der Waals surface area contributed by atoms with Gasteiger partial charge in [0.15, 0.2) is 0 Å². The molecule has 0 unspecified atom stereocenters. The third-order valence-corrected chi connectivity index (χ3v) is 4.11. The Morgan fingerprint density at radius 2 is 1.85 bits per heavy atom. The fraction of sp³-hybridized carbons (Fsp3) is 0.733. The van der Waals surface area contributed by atoms with E-state index in [4.69, 9.17) is 4.98 Å². The highest BCUT2D eigenvalue weighted by atomic mass is 15.1. The molecule has 1 aliphatic heterocycles. The SMILES string of the molecule is CCNc1cc(NC2CCN(C)CC2)nc(C2CC2)n1. The Hall–Kier alpha value is -1.36. The van der Waals surface area contributed by atoms with Gasteiger partial charge in [-0.3, -0.25) is 0 Å². The van der Waals surface area contributed by atoms with Gasteiger partial charge in [-0.15, -0.1) is 0 Å². The molecule has 0 aromatic carbocycles. The zero-order valence-corrected chi connectivity index (χ0v) is 12.5. The Morgan fingerprint density at radius 1 is 1.15 bits per heavy atom. The Labute approximate surface area is 121 Å². The highest BCUT2D eigenvalue weighted by Gasteiger charge is 2.27. The molecule has 1 aromatic heterocycles. The van der Waals surface area contributed by atoms with Gasteiger partial charge in [-0.25, -0.2) is 9.97 Å². The van der Waals surface area contributed by atoms with Gasteiger partial charge in [0.1, 0.15) is 17.5 Å². The molecule has 1 saturated heterocycles. The van der Waals surface area contributed by atoms with E-state index in [9.17, 15) is 0 Å². The van der Waals surface area contributed by atoms with Crippen LogP contribution >= 0.6 is 0 Å². The summed E-state index contributed by atoms with van der Waals surface area (Å²) in [5.74, 6) is 3.55. The quantitative estimate of drug-likeness (QED) is 0.863. The zero-order chi connectivity index (χ0) is 13.9. The Kier molecular flexibility index (Phi) is 4.05. The average molecular weight is 275 g/mol. The first-order valence-corrected chi connectivity index (χ1v) is 7.82. The summed E-state index contributed by atoms with van der Waals surface area (Å²) in [7, 11) is 2.19. The van der Waals surface area contributed by atoms with Gasteiger partial charge in [-0.05, 0) is 52.7 Å². The number of rotatable bonds is 5. The average Bonchev–Trinajstić information content (AvgIpc) is 3.26. The van der Waals surface area contributed by atoms with E-state index in [1.165, 1.54) is 25.7 Å². The summed E-state index contributed by atoms with van der Waals surface area (Å²) in [6, 6.07) is 2.59. The van der Waals surface area contributed by atoms with E-state index in [0.29, 0.717) is 12.0 Å². The van der Waals surface area contributed by atoms with Crippen molar-refractivity contribution in [1.82, 2.24) is 14.9 Å². The number of hydrogen-bond acceptors (Lipinski definition) is 5. The molecule has 2 heterocycles. The number of nitrogens with one attached hydrogen (secondary N) is 2. The van der Waals surface area contributed by atoms with E-state index in [-0.39, 0.29) is 0 Å². The van der Waals surface area contributed by atoms with Gasteiger partial charge in [0, 0.05) is 24.6 Å². The molecule has 0 amide bonds. The molecule has 1 aromatic rings. The van der Waals surface area contributed by atoms with Crippen molar-refractivity contribution in [2.75, 3.05) is 37.3 Å². The molecule has 2 N–H and O–H groups in total. The van der Waals surface area contributed by atoms with Crippen LogP contribution in [0.5, 0.6) is 0 Å². The van der Waals surface area contributed by atoms with Crippen LogP contribution in [0.1, 0.15) is 44.3 Å². The van der Waals surface area contributed by atoms with Crippen molar-refractivity contribution in [1.29, 1.82) is 0 Å². The summed E-state index contributed by atoms with van der Waals surface area (Å²) in [5.41, 5.74) is 0. The smallest absolute Gasteiger partial charge is 0.136 e. The standard InChI is InChI=1S/C15H25N5/c1-3-16-13-10-14(19-15(18-13)11-4-5-11)17-12-6-8-20(2)9-7-12/h10-12H,3-9H2,1-2H3,(H2,16,17,18,19). The predicted molar refractivity (Wildman–Crippen MR) is 82.3 cm³/mol. The Balaban J connectivity index is 1.70. The van der Waals surface area contributed by atoms with E-state index in [2.05, 4.69) is 34.5 Å². The van der Waals surface area contributed by atoms with E-state index < -0.39 is 0 Å². The van der Waals surface area contributed by atoms with Crippen LogP contribution in [0.2, 0.25) is 0 Å². The highest BCUT2D eigenvalue weighted by molar-refractivity contribution is 5.48. The monoisotopic (exact) mass is 275 g/mol. The number of hydrogen-bond donors (Lipinski definition) is 2. The van der Waals surface area contributed by atoms with Crippen molar-refractivity contribution in [3.05, 3.63) is 11.9 Å². The summed E-state index contributed by atoms with van der Waals surface area (Å²) in [5, 5.41) is 6.92. The molecule has 0 atom stereocenters. The minimum atomic E-state index is 0.544. The van der Waals surface area contributed by atoms with Crippen molar-refractivity contribution in [2.24, 2.45) is 0 Å². The van der Waals surface area contributed by atoms with Crippen LogP contribution in [0.4, 0.5) is 11.6 Å². The topological polar surface area (TPSA) is 53.1 Å². The molecule has 20 heavy (non-hydrogen) atoms. The maximum atomic E-state index is 4.71. The molecule has 1 aliphatic carbocycles. The van der Waals surface area contributed by atoms with Gasteiger partial charge in [-0.2, -0.15) is 0 Å². The van der Waals surface area contributed by atoms with E-state index in [1.807, 2.05) is 6.07 Å². The third kappa shape index (κ3) is 3.39. The number of piperidine rings is 1.